The summed E-state index contributed by atoms with van der Waals surface area (Å²) in [6.45, 7) is 6.45. The number of halogens is 1. The van der Waals surface area contributed by atoms with Gasteiger partial charge in [-0.15, -0.1) is 11.6 Å². The van der Waals surface area contributed by atoms with E-state index in [1.54, 1.807) is 0 Å². The maximum atomic E-state index is 5.90. The Bertz CT molecular complexity index is 589. The molecule has 2 aromatic carbocycles. The number of anilines is 2. The molecule has 1 heterocycles. The normalized spacial score (nSPS) is 15.3. The van der Waals surface area contributed by atoms with Crippen LogP contribution in [0.4, 0.5) is 11.4 Å². The van der Waals surface area contributed by atoms with E-state index < -0.39 is 0 Å². The first kappa shape index (κ1) is 14.3. The predicted octanol–water partition coefficient (Wildman–Crippen LogP) is 4.06. The van der Waals surface area contributed by atoms with Crippen LogP contribution in [-0.2, 0) is 5.88 Å². The lowest BCUT2D eigenvalue weighted by atomic mass is 10.1. The molecule has 3 rings (SSSR count). The van der Waals surface area contributed by atoms with E-state index in [4.69, 9.17) is 11.6 Å². The molecule has 110 valence electrons. The lowest BCUT2D eigenvalue weighted by Crippen LogP contribution is -2.46. The highest BCUT2D eigenvalue weighted by Gasteiger charge is 2.18. The Morgan fingerprint density at radius 2 is 1.57 bits per heavy atom. The molecule has 0 spiro atoms. The van der Waals surface area contributed by atoms with Crippen molar-refractivity contribution in [3.8, 4) is 0 Å². The maximum Gasteiger partial charge on any atom is 0.0474 e. The Morgan fingerprint density at radius 3 is 2.19 bits per heavy atom. The number of hydrogen-bond acceptors (Lipinski definition) is 2. The van der Waals surface area contributed by atoms with Crippen molar-refractivity contribution in [1.29, 1.82) is 0 Å². The molecule has 0 unspecified atom stereocenters. The van der Waals surface area contributed by atoms with Gasteiger partial charge in [-0.05, 0) is 36.2 Å². The number of rotatable bonds is 3. The van der Waals surface area contributed by atoms with Gasteiger partial charge in [0.05, 0.1) is 0 Å². The zero-order valence-electron chi connectivity index (χ0n) is 12.4. The number of alkyl halides is 1. The van der Waals surface area contributed by atoms with Gasteiger partial charge in [0.2, 0.25) is 0 Å². The van der Waals surface area contributed by atoms with Gasteiger partial charge in [-0.3, -0.25) is 0 Å². The number of hydrogen-bond donors (Lipinski definition) is 0. The summed E-state index contributed by atoms with van der Waals surface area (Å²) in [5.74, 6) is 0.586. The van der Waals surface area contributed by atoms with Crippen LogP contribution in [0.1, 0.15) is 11.1 Å². The Morgan fingerprint density at radius 1 is 0.905 bits per heavy atom. The Balaban J connectivity index is 1.68. The fraction of sp³-hybridized carbons (Fsp3) is 0.333. The molecule has 0 aliphatic carbocycles. The van der Waals surface area contributed by atoms with Crippen molar-refractivity contribution in [2.24, 2.45) is 0 Å². The number of piperazine rings is 1. The van der Waals surface area contributed by atoms with E-state index >= 15 is 0 Å². The van der Waals surface area contributed by atoms with E-state index in [1.165, 1.54) is 22.5 Å². The second-order valence-electron chi connectivity index (χ2n) is 5.56. The molecule has 0 aromatic heterocycles. The van der Waals surface area contributed by atoms with Crippen molar-refractivity contribution >= 4 is 23.0 Å². The largest absolute Gasteiger partial charge is 0.368 e. The van der Waals surface area contributed by atoms with E-state index in [0.29, 0.717) is 5.88 Å². The fourth-order valence-electron chi connectivity index (χ4n) is 3.00. The van der Waals surface area contributed by atoms with Crippen molar-refractivity contribution in [3.05, 3.63) is 59.7 Å². The first-order chi connectivity index (χ1) is 10.3. The minimum Gasteiger partial charge on any atom is -0.368 e. The molecule has 1 fully saturated rings. The number of para-hydroxylation sites is 1. The molecule has 21 heavy (non-hydrogen) atoms. The SMILES string of the molecule is Cc1cc(CCl)ccc1N1CCN(c2ccccc2)CC1. The molecule has 0 bridgehead atoms. The summed E-state index contributed by atoms with van der Waals surface area (Å²) in [7, 11) is 0. The van der Waals surface area contributed by atoms with Gasteiger partial charge in [-0.25, -0.2) is 0 Å². The summed E-state index contributed by atoms with van der Waals surface area (Å²) in [5, 5.41) is 0. The average molecular weight is 301 g/mol. The molecule has 2 aromatic rings. The summed E-state index contributed by atoms with van der Waals surface area (Å²) < 4.78 is 0. The number of benzene rings is 2. The first-order valence-electron chi connectivity index (χ1n) is 7.48. The predicted molar refractivity (Wildman–Crippen MR) is 91.6 cm³/mol. The van der Waals surface area contributed by atoms with Gasteiger partial charge in [-0.1, -0.05) is 30.3 Å². The van der Waals surface area contributed by atoms with Gasteiger partial charge in [0, 0.05) is 43.4 Å². The lowest BCUT2D eigenvalue weighted by molar-refractivity contribution is 0.652. The molecular formula is C18H21ClN2. The molecule has 1 saturated heterocycles. The zero-order valence-corrected chi connectivity index (χ0v) is 13.2. The Kier molecular flexibility index (Phi) is 4.35. The molecular weight excluding hydrogens is 280 g/mol. The van der Waals surface area contributed by atoms with Crippen LogP contribution in [0.25, 0.3) is 0 Å². The molecule has 0 N–H and O–H groups in total. The highest BCUT2D eigenvalue weighted by molar-refractivity contribution is 6.17. The zero-order chi connectivity index (χ0) is 14.7. The van der Waals surface area contributed by atoms with E-state index in [2.05, 4.69) is 65.3 Å². The van der Waals surface area contributed by atoms with Crippen LogP contribution in [-0.4, -0.2) is 26.2 Å². The van der Waals surface area contributed by atoms with Gasteiger partial charge in [-0.2, -0.15) is 0 Å². The van der Waals surface area contributed by atoms with Crippen LogP contribution in [0.3, 0.4) is 0 Å². The molecule has 3 heteroatoms. The smallest absolute Gasteiger partial charge is 0.0474 e. The van der Waals surface area contributed by atoms with Gasteiger partial charge < -0.3 is 9.80 Å². The Labute approximate surface area is 131 Å². The second kappa shape index (κ2) is 6.40. The van der Waals surface area contributed by atoms with Gasteiger partial charge in [0.1, 0.15) is 0 Å². The van der Waals surface area contributed by atoms with Crippen molar-refractivity contribution in [1.82, 2.24) is 0 Å². The van der Waals surface area contributed by atoms with Crippen LogP contribution in [0.5, 0.6) is 0 Å². The number of aryl methyl sites for hydroxylation is 1. The van der Waals surface area contributed by atoms with E-state index in [-0.39, 0.29) is 0 Å². The fourth-order valence-corrected chi connectivity index (χ4v) is 3.17. The van der Waals surface area contributed by atoms with Crippen LogP contribution in [0, 0.1) is 6.92 Å². The summed E-state index contributed by atoms with van der Waals surface area (Å²) >= 11 is 5.90. The number of nitrogens with zero attached hydrogens (tertiary/aromatic N) is 2. The topological polar surface area (TPSA) is 6.48 Å². The van der Waals surface area contributed by atoms with Crippen LogP contribution in [0.2, 0.25) is 0 Å². The van der Waals surface area contributed by atoms with Crippen molar-refractivity contribution in [2.75, 3.05) is 36.0 Å². The monoisotopic (exact) mass is 300 g/mol. The van der Waals surface area contributed by atoms with Gasteiger partial charge in [0.25, 0.3) is 0 Å². The quantitative estimate of drug-likeness (QED) is 0.789. The second-order valence-corrected chi connectivity index (χ2v) is 5.83. The van der Waals surface area contributed by atoms with Crippen molar-refractivity contribution in [2.45, 2.75) is 12.8 Å². The molecule has 2 nitrogen and oxygen atoms in total. The maximum absolute atomic E-state index is 5.90. The summed E-state index contributed by atoms with van der Waals surface area (Å²) in [4.78, 5) is 4.94. The van der Waals surface area contributed by atoms with Crippen molar-refractivity contribution in [3.63, 3.8) is 0 Å². The molecule has 1 aliphatic heterocycles. The molecule has 0 amide bonds. The van der Waals surface area contributed by atoms with Crippen LogP contribution >= 0.6 is 11.6 Å². The van der Waals surface area contributed by atoms with Crippen LogP contribution in [0.15, 0.2) is 48.5 Å². The summed E-state index contributed by atoms with van der Waals surface area (Å²) in [6, 6.07) is 17.2. The minimum atomic E-state index is 0.586. The highest BCUT2D eigenvalue weighted by Crippen LogP contribution is 2.24. The third kappa shape index (κ3) is 3.16. The molecule has 0 atom stereocenters. The van der Waals surface area contributed by atoms with E-state index in [9.17, 15) is 0 Å². The molecule has 0 radical (unpaired) electrons. The first-order valence-corrected chi connectivity index (χ1v) is 8.02. The van der Waals surface area contributed by atoms with E-state index in [1.807, 2.05) is 0 Å². The summed E-state index contributed by atoms with van der Waals surface area (Å²) in [5.41, 5.74) is 5.19. The van der Waals surface area contributed by atoms with E-state index in [0.717, 1.165) is 26.2 Å². The standard InChI is InChI=1S/C18H21ClN2/c1-15-13-16(14-19)7-8-18(15)21-11-9-20(10-12-21)17-5-3-2-4-6-17/h2-8,13H,9-12,14H2,1H3. The highest BCUT2D eigenvalue weighted by atomic mass is 35.5. The van der Waals surface area contributed by atoms with Crippen molar-refractivity contribution < 1.29 is 0 Å². The minimum absolute atomic E-state index is 0.586. The lowest BCUT2D eigenvalue weighted by Gasteiger charge is -2.38. The molecule has 0 saturated carbocycles. The summed E-state index contributed by atoms with van der Waals surface area (Å²) in [6.07, 6.45) is 0. The van der Waals surface area contributed by atoms with Gasteiger partial charge >= 0.3 is 0 Å². The molecule has 1 aliphatic rings. The van der Waals surface area contributed by atoms with Crippen LogP contribution < -0.4 is 9.80 Å². The average Bonchev–Trinajstić information content (AvgIpc) is 2.56. The third-order valence-electron chi connectivity index (χ3n) is 4.16. The Hall–Kier alpha value is -1.67. The third-order valence-corrected chi connectivity index (χ3v) is 4.47. The van der Waals surface area contributed by atoms with Gasteiger partial charge in [0.15, 0.2) is 0 Å².